The molecule has 0 radical (unpaired) electrons. The molecule has 2 heterocycles. The molecule has 1 N–H and O–H groups in total. The monoisotopic (exact) mass is 430 g/mol. The van der Waals surface area contributed by atoms with Gasteiger partial charge in [-0.3, -0.25) is 14.3 Å². The molecule has 0 unspecified atom stereocenters. The summed E-state index contributed by atoms with van der Waals surface area (Å²) < 4.78 is 1.71. The third-order valence-electron chi connectivity index (χ3n) is 6.09. The highest BCUT2D eigenvalue weighted by Crippen LogP contribution is 2.23. The molecule has 6 heteroatoms. The van der Waals surface area contributed by atoms with Crippen LogP contribution in [0.3, 0.4) is 0 Å². The Balaban J connectivity index is 1.30. The molecule has 32 heavy (non-hydrogen) atoms. The number of aromatic nitrogens is 2. The van der Waals surface area contributed by atoms with Gasteiger partial charge in [0.25, 0.3) is 5.91 Å². The van der Waals surface area contributed by atoms with Crippen molar-refractivity contribution in [2.75, 3.05) is 13.1 Å². The second-order valence-corrected chi connectivity index (χ2v) is 8.52. The summed E-state index contributed by atoms with van der Waals surface area (Å²) in [5.41, 5.74) is 3.61. The lowest BCUT2D eigenvalue weighted by Crippen LogP contribution is -2.39. The van der Waals surface area contributed by atoms with Gasteiger partial charge < -0.3 is 10.2 Å². The van der Waals surface area contributed by atoms with E-state index in [1.807, 2.05) is 72.6 Å². The molecule has 0 saturated carbocycles. The number of benzene rings is 2. The van der Waals surface area contributed by atoms with Gasteiger partial charge >= 0.3 is 0 Å². The van der Waals surface area contributed by atoms with Gasteiger partial charge in [-0.15, -0.1) is 0 Å². The largest absolute Gasteiger partial charge is 0.348 e. The van der Waals surface area contributed by atoms with Gasteiger partial charge in [0.05, 0.1) is 17.7 Å². The van der Waals surface area contributed by atoms with E-state index in [9.17, 15) is 9.59 Å². The molecule has 0 bridgehead atoms. The molecule has 1 fully saturated rings. The topological polar surface area (TPSA) is 67.2 Å². The van der Waals surface area contributed by atoms with Gasteiger partial charge in [-0.05, 0) is 36.3 Å². The van der Waals surface area contributed by atoms with Crippen LogP contribution in [-0.4, -0.2) is 39.6 Å². The molecular formula is C26H30N4O2. The number of nitrogens with zero attached hydrogens (tertiary/aromatic N) is 3. The van der Waals surface area contributed by atoms with Gasteiger partial charge in [-0.1, -0.05) is 60.7 Å². The number of nitrogens with one attached hydrogen (secondary N) is 1. The number of amides is 2. The van der Waals surface area contributed by atoms with Crippen LogP contribution >= 0.6 is 0 Å². The standard InChI is InChI=1S/C26H30N4O2/c1-29-19-23(26(32)27-18-22-10-6-3-7-11-22)24(28-29)16-21-12-14-30(15-13-21)25(31)17-20-8-4-2-5-9-20/h2-11,19,21H,12-18H2,1H3,(H,27,32). The lowest BCUT2D eigenvalue weighted by molar-refractivity contribution is -0.131. The van der Waals surface area contributed by atoms with Crippen LogP contribution in [0.4, 0.5) is 0 Å². The first kappa shape index (κ1) is 21.8. The summed E-state index contributed by atoms with van der Waals surface area (Å²) in [5, 5.41) is 7.57. The summed E-state index contributed by atoms with van der Waals surface area (Å²) in [6.07, 6.45) is 4.88. The van der Waals surface area contributed by atoms with Crippen molar-refractivity contribution in [1.82, 2.24) is 20.0 Å². The Morgan fingerprint density at radius 3 is 2.25 bits per heavy atom. The van der Waals surface area contributed by atoms with Crippen LogP contribution in [0.15, 0.2) is 66.9 Å². The van der Waals surface area contributed by atoms with Crippen LogP contribution in [0.2, 0.25) is 0 Å². The number of piperidine rings is 1. The molecule has 1 saturated heterocycles. The Labute approximate surface area is 189 Å². The first-order chi connectivity index (χ1) is 15.6. The number of likely N-dealkylation sites (tertiary alicyclic amines) is 1. The van der Waals surface area contributed by atoms with Crippen molar-refractivity contribution < 1.29 is 9.59 Å². The zero-order valence-corrected chi connectivity index (χ0v) is 18.5. The van der Waals surface area contributed by atoms with E-state index in [1.54, 1.807) is 10.9 Å². The quantitative estimate of drug-likeness (QED) is 0.625. The Hall–Kier alpha value is -3.41. The first-order valence-electron chi connectivity index (χ1n) is 11.2. The highest BCUT2D eigenvalue weighted by Gasteiger charge is 2.25. The molecule has 1 aliphatic rings. The van der Waals surface area contributed by atoms with E-state index in [4.69, 9.17) is 0 Å². The molecule has 3 aromatic rings. The number of carbonyl (C=O) groups excluding carboxylic acids is 2. The Morgan fingerprint density at radius 1 is 0.969 bits per heavy atom. The van der Waals surface area contributed by atoms with E-state index >= 15 is 0 Å². The van der Waals surface area contributed by atoms with E-state index in [0.717, 1.165) is 49.2 Å². The predicted octanol–water partition coefficient (Wildman–Crippen LogP) is 3.37. The molecule has 2 amide bonds. The smallest absolute Gasteiger partial charge is 0.255 e. The minimum atomic E-state index is -0.0903. The van der Waals surface area contributed by atoms with Crippen molar-refractivity contribution in [3.05, 3.63) is 89.2 Å². The average molecular weight is 431 g/mol. The fraction of sp³-hybridized carbons (Fsp3) is 0.346. The third-order valence-corrected chi connectivity index (χ3v) is 6.09. The summed E-state index contributed by atoms with van der Waals surface area (Å²) in [7, 11) is 1.85. The number of carbonyl (C=O) groups is 2. The molecule has 0 atom stereocenters. The summed E-state index contributed by atoms with van der Waals surface area (Å²) >= 11 is 0. The summed E-state index contributed by atoms with van der Waals surface area (Å²) in [4.78, 5) is 27.4. The second kappa shape index (κ2) is 10.3. The normalized spacial score (nSPS) is 14.3. The van der Waals surface area contributed by atoms with E-state index in [1.165, 1.54) is 0 Å². The fourth-order valence-corrected chi connectivity index (χ4v) is 4.29. The predicted molar refractivity (Wildman–Crippen MR) is 124 cm³/mol. The zero-order valence-electron chi connectivity index (χ0n) is 18.5. The lowest BCUT2D eigenvalue weighted by atomic mass is 9.91. The summed E-state index contributed by atoms with van der Waals surface area (Å²) in [6, 6.07) is 19.8. The van der Waals surface area contributed by atoms with E-state index in [-0.39, 0.29) is 11.8 Å². The number of hydrogen-bond donors (Lipinski definition) is 1. The number of aryl methyl sites for hydroxylation is 1. The van der Waals surface area contributed by atoms with Crippen molar-refractivity contribution in [3.63, 3.8) is 0 Å². The van der Waals surface area contributed by atoms with Crippen molar-refractivity contribution in [2.45, 2.75) is 32.2 Å². The van der Waals surface area contributed by atoms with Crippen molar-refractivity contribution >= 4 is 11.8 Å². The maximum Gasteiger partial charge on any atom is 0.255 e. The zero-order chi connectivity index (χ0) is 22.3. The molecule has 166 valence electrons. The molecular weight excluding hydrogens is 400 g/mol. The maximum atomic E-state index is 12.8. The van der Waals surface area contributed by atoms with Crippen LogP contribution in [0, 0.1) is 5.92 Å². The number of hydrogen-bond acceptors (Lipinski definition) is 3. The van der Waals surface area contributed by atoms with Gasteiger partial charge in [-0.2, -0.15) is 5.10 Å². The van der Waals surface area contributed by atoms with Gasteiger partial charge in [0.2, 0.25) is 5.91 Å². The molecule has 4 rings (SSSR count). The first-order valence-corrected chi connectivity index (χ1v) is 11.2. The van der Waals surface area contributed by atoms with E-state index in [0.29, 0.717) is 24.4 Å². The summed E-state index contributed by atoms with van der Waals surface area (Å²) in [6.45, 7) is 2.02. The van der Waals surface area contributed by atoms with Gasteiger partial charge in [0, 0.05) is 32.9 Å². The molecule has 2 aromatic carbocycles. The fourth-order valence-electron chi connectivity index (χ4n) is 4.29. The Morgan fingerprint density at radius 2 is 1.59 bits per heavy atom. The van der Waals surface area contributed by atoms with Crippen molar-refractivity contribution in [1.29, 1.82) is 0 Å². The van der Waals surface area contributed by atoms with E-state index < -0.39 is 0 Å². The summed E-state index contributed by atoms with van der Waals surface area (Å²) in [5.74, 6) is 0.521. The van der Waals surface area contributed by atoms with Gasteiger partial charge in [-0.25, -0.2) is 0 Å². The third kappa shape index (κ3) is 5.63. The van der Waals surface area contributed by atoms with Crippen molar-refractivity contribution in [2.24, 2.45) is 13.0 Å². The Bertz CT molecular complexity index is 1040. The van der Waals surface area contributed by atoms with Crippen LogP contribution < -0.4 is 5.32 Å². The average Bonchev–Trinajstić information content (AvgIpc) is 3.19. The number of rotatable bonds is 7. The molecule has 0 aliphatic carbocycles. The molecule has 6 nitrogen and oxygen atoms in total. The minimum Gasteiger partial charge on any atom is -0.348 e. The van der Waals surface area contributed by atoms with Crippen LogP contribution in [0.25, 0.3) is 0 Å². The van der Waals surface area contributed by atoms with Crippen LogP contribution in [0.5, 0.6) is 0 Å². The molecule has 1 aromatic heterocycles. The maximum absolute atomic E-state index is 12.8. The lowest BCUT2D eigenvalue weighted by Gasteiger charge is -2.32. The SMILES string of the molecule is Cn1cc(C(=O)NCc2ccccc2)c(CC2CCN(C(=O)Cc3ccccc3)CC2)n1. The second-order valence-electron chi connectivity index (χ2n) is 8.52. The van der Waals surface area contributed by atoms with Crippen molar-refractivity contribution in [3.8, 4) is 0 Å². The Kier molecular flexibility index (Phi) is 7.00. The van der Waals surface area contributed by atoms with Gasteiger partial charge in [0.1, 0.15) is 0 Å². The minimum absolute atomic E-state index is 0.0903. The highest BCUT2D eigenvalue weighted by molar-refractivity contribution is 5.95. The van der Waals surface area contributed by atoms with Crippen LogP contribution in [0.1, 0.15) is 40.0 Å². The molecule has 0 spiro atoms. The van der Waals surface area contributed by atoms with Crippen LogP contribution in [-0.2, 0) is 31.2 Å². The van der Waals surface area contributed by atoms with E-state index in [2.05, 4.69) is 10.4 Å². The highest BCUT2D eigenvalue weighted by atomic mass is 16.2. The molecule has 1 aliphatic heterocycles. The van der Waals surface area contributed by atoms with Gasteiger partial charge in [0.15, 0.2) is 0 Å².